The van der Waals surface area contributed by atoms with Gasteiger partial charge in [0.1, 0.15) is 6.04 Å². The molecule has 52 heavy (non-hydrogen) atoms. The summed E-state index contributed by atoms with van der Waals surface area (Å²) < 4.78 is 16.5. The fourth-order valence-corrected chi connectivity index (χ4v) is 8.38. The lowest BCUT2D eigenvalue weighted by molar-refractivity contribution is -0.145. The molecule has 14 heteroatoms. The molecule has 0 spiro atoms. The summed E-state index contributed by atoms with van der Waals surface area (Å²) in [5, 5.41) is 12.2. The molecular weight excluding hydrogens is 709 g/mol. The van der Waals surface area contributed by atoms with E-state index in [9.17, 15) is 19.5 Å². The van der Waals surface area contributed by atoms with Crippen molar-refractivity contribution in [2.45, 2.75) is 55.4 Å². The Kier molecular flexibility index (Phi) is 11.5. The normalized spacial score (nSPS) is 21.9. The van der Waals surface area contributed by atoms with Crippen LogP contribution in [0.2, 0.25) is 10.0 Å². The summed E-state index contributed by atoms with van der Waals surface area (Å²) in [5.74, 6) is -0.0311. The van der Waals surface area contributed by atoms with Crippen molar-refractivity contribution in [3.63, 3.8) is 0 Å². The monoisotopic (exact) mass is 753 g/mol. The molecule has 0 radical (unpaired) electrons. The minimum Gasteiger partial charge on any atom is -0.493 e. The Morgan fingerprint density at radius 2 is 1.58 bits per heavy atom. The number of hydrogen-bond acceptors (Lipinski definition) is 9. The van der Waals surface area contributed by atoms with Crippen molar-refractivity contribution in [1.29, 1.82) is 0 Å². The van der Waals surface area contributed by atoms with Gasteiger partial charge in [0.25, 0.3) is 5.91 Å². The fourth-order valence-electron chi connectivity index (χ4n) is 8.09. The van der Waals surface area contributed by atoms with Crippen molar-refractivity contribution in [2.24, 2.45) is 0 Å². The summed E-state index contributed by atoms with van der Waals surface area (Å²) in [6.45, 7) is 3.55. The molecule has 4 heterocycles. The molecule has 12 nitrogen and oxygen atoms in total. The number of rotatable bonds is 12. The maximum absolute atomic E-state index is 14.1. The molecule has 278 valence electrons. The van der Waals surface area contributed by atoms with Crippen LogP contribution in [0.25, 0.3) is 0 Å². The van der Waals surface area contributed by atoms with Crippen LogP contribution >= 0.6 is 23.2 Å². The maximum atomic E-state index is 14.1. The van der Waals surface area contributed by atoms with Crippen molar-refractivity contribution in [1.82, 2.24) is 25.2 Å². The standard InChI is InChI=1S/C38H45Cl2N5O7/c1-50-31-21-25(22-32(51-2)33(31)52-3)34(46)44-20-11-37(24-44,27-6-7-28(39)29(40)23-27)10-17-43-18-12-38(13-19-43,26-8-14-41-15-9-26)36(49)42-45-16-4-5-30(45)35(47)48/h6-9,14-15,21-23,30H,4-5,10-13,16-20,24H2,1-3H3,(H,42,49)(H,47,48). The van der Waals surface area contributed by atoms with E-state index in [0.717, 1.165) is 30.5 Å². The van der Waals surface area contributed by atoms with Gasteiger partial charge in [0.15, 0.2) is 11.5 Å². The van der Waals surface area contributed by atoms with Crippen LogP contribution < -0.4 is 19.6 Å². The van der Waals surface area contributed by atoms with Gasteiger partial charge in [-0.1, -0.05) is 29.3 Å². The first kappa shape index (κ1) is 37.7. The smallest absolute Gasteiger partial charge is 0.322 e. The molecule has 2 atom stereocenters. The highest BCUT2D eigenvalue weighted by atomic mass is 35.5. The molecular formula is C38H45Cl2N5O7. The number of benzene rings is 2. The number of nitrogens with zero attached hydrogens (tertiary/aromatic N) is 4. The summed E-state index contributed by atoms with van der Waals surface area (Å²) in [6.07, 6.45) is 7.17. The van der Waals surface area contributed by atoms with Crippen LogP contribution in [0.15, 0.2) is 54.9 Å². The molecule has 2 aromatic carbocycles. The largest absolute Gasteiger partial charge is 0.493 e. The second-order valence-corrected chi connectivity index (χ2v) is 14.7. The van der Waals surface area contributed by atoms with Crippen LogP contribution in [0.5, 0.6) is 17.2 Å². The molecule has 2 N–H and O–H groups in total. The van der Waals surface area contributed by atoms with Gasteiger partial charge in [-0.2, -0.15) is 0 Å². The molecule has 3 aliphatic rings. The van der Waals surface area contributed by atoms with Gasteiger partial charge in [-0.05, 0) is 106 Å². The van der Waals surface area contributed by atoms with Crippen molar-refractivity contribution in [3.8, 4) is 17.2 Å². The van der Waals surface area contributed by atoms with Crippen molar-refractivity contribution in [2.75, 3.05) is 60.6 Å². The van der Waals surface area contributed by atoms with Crippen LogP contribution in [0.3, 0.4) is 0 Å². The summed E-state index contributed by atoms with van der Waals surface area (Å²) in [4.78, 5) is 48.4. The first-order valence-electron chi connectivity index (χ1n) is 17.5. The van der Waals surface area contributed by atoms with Crippen LogP contribution in [0.4, 0.5) is 0 Å². The second kappa shape index (κ2) is 15.9. The molecule has 3 aromatic rings. The van der Waals surface area contributed by atoms with Gasteiger partial charge < -0.3 is 29.1 Å². The van der Waals surface area contributed by atoms with Gasteiger partial charge in [0, 0.05) is 43.0 Å². The van der Waals surface area contributed by atoms with Gasteiger partial charge in [-0.3, -0.25) is 24.8 Å². The van der Waals surface area contributed by atoms with Crippen molar-refractivity contribution in [3.05, 3.63) is 81.6 Å². The highest BCUT2D eigenvalue weighted by molar-refractivity contribution is 6.42. The van der Waals surface area contributed by atoms with Gasteiger partial charge in [-0.15, -0.1) is 0 Å². The van der Waals surface area contributed by atoms with E-state index in [2.05, 4.69) is 15.3 Å². The predicted octanol–water partition coefficient (Wildman–Crippen LogP) is 5.20. The number of aromatic nitrogens is 1. The van der Waals surface area contributed by atoms with E-state index in [1.54, 1.807) is 29.5 Å². The highest BCUT2D eigenvalue weighted by Crippen LogP contribution is 2.43. The zero-order valence-electron chi connectivity index (χ0n) is 29.7. The summed E-state index contributed by atoms with van der Waals surface area (Å²) in [7, 11) is 4.56. The third-order valence-electron chi connectivity index (χ3n) is 11.2. The number of carbonyl (C=O) groups excluding carboxylic acids is 2. The number of halogens is 2. The van der Waals surface area contributed by atoms with E-state index >= 15 is 0 Å². The Bertz CT molecular complexity index is 1760. The van der Waals surface area contributed by atoms with Crippen LogP contribution in [0, 0.1) is 0 Å². The number of hydrogen-bond donors (Lipinski definition) is 2. The fraction of sp³-hybridized carbons (Fsp3) is 0.474. The van der Waals surface area contributed by atoms with Gasteiger partial charge >= 0.3 is 5.97 Å². The zero-order chi connectivity index (χ0) is 37.0. The molecule has 0 aliphatic carbocycles. The van der Waals surface area contributed by atoms with E-state index in [1.807, 2.05) is 35.2 Å². The van der Waals surface area contributed by atoms with E-state index in [4.69, 9.17) is 37.4 Å². The predicted molar refractivity (Wildman–Crippen MR) is 196 cm³/mol. The number of carbonyl (C=O) groups is 3. The lowest BCUT2D eigenvalue weighted by Crippen LogP contribution is -2.57. The Morgan fingerprint density at radius 1 is 0.885 bits per heavy atom. The molecule has 6 rings (SSSR count). The number of hydrazine groups is 1. The molecule has 2 unspecified atom stereocenters. The number of pyridine rings is 1. The van der Waals surface area contributed by atoms with Gasteiger partial charge in [-0.25, -0.2) is 5.01 Å². The van der Waals surface area contributed by atoms with Crippen LogP contribution in [0.1, 0.15) is 60.0 Å². The van der Waals surface area contributed by atoms with Gasteiger partial charge in [0.05, 0.1) is 36.8 Å². The number of amides is 2. The Morgan fingerprint density at radius 3 is 2.19 bits per heavy atom. The molecule has 3 fully saturated rings. The minimum atomic E-state index is -0.933. The van der Waals surface area contributed by atoms with E-state index in [-0.39, 0.29) is 11.8 Å². The van der Waals surface area contributed by atoms with Crippen LogP contribution in [-0.2, 0) is 20.4 Å². The SMILES string of the molecule is COc1cc(C(=O)N2CCC(CCN3CCC(C(=O)NN4CCCC4C(=O)O)(c4ccncc4)CC3)(c3ccc(Cl)c(Cl)c3)C2)cc(OC)c1OC. The third kappa shape index (κ3) is 7.39. The molecule has 1 aromatic heterocycles. The molecule has 2 amide bonds. The number of piperidine rings is 1. The quantitative estimate of drug-likeness (QED) is 0.254. The minimum absolute atomic E-state index is 0.143. The van der Waals surface area contributed by atoms with Crippen LogP contribution in [-0.4, -0.2) is 109 Å². The Hall–Kier alpha value is -4.10. The average molecular weight is 755 g/mol. The van der Waals surface area contributed by atoms with Crippen molar-refractivity contribution < 1.29 is 33.7 Å². The summed E-state index contributed by atoms with van der Waals surface area (Å²) in [6, 6.07) is 12.1. The van der Waals surface area contributed by atoms with E-state index < -0.39 is 22.8 Å². The number of carboxylic acids is 1. The first-order valence-corrected chi connectivity index (χ1v) is 18.3. The number of likely N-dealkylation sites (tertiary alicyclic amines) is 2. The maximum Gasteiger partial charge on any atom is 0.322 e. The van der Waals surface area contributed by atoms with Crippen molar-refractivity contribution >= 4 is 41.0 Å². The lowest BCUT2D eigenvalue weighted by atomic mass is 9.72. The number of nitrogens with one attached hydrogen (secondary N) is 1. The third-order valence-corrected chi connectivity index (χ3v) is 11.9. The average Bonchev–Trinajstić information content (AvgIpc) is 3.83. The summed E-state index contributed by atoms with van der Waals surface area (Å²) >= 11 is 12.9. The second-order valence-electron chi connectivity index (χ2n) is 13.8. The zero-order valence-corrected chi connectivity index (χ0v) is 31.2. The highest BCUT2D eigenvalue weighted by Gasteiger charge is 2.46. The molecule has 0 saturated carbocycles. The van der Waals surface area contributed by atoms with E-state index in [0.29, 0.717) is 91.3 Å². The number of aliphatic carboxylic acids is 1. The Balaban J connectivity index is 1.20. The molecule has 3 saturated heterocycles. The molecule has 0 bridgehead atoms. The summed E-state index contributed by atoms with van der Waals surface area (Å²) in [5.41, 5.74) is 4.08. The first-order chi connectivity index (χ1) is 25.0. The van der Waals surface area contributed by atoms with Gasteiger partial charge in [0.2, 0.25) is 11.7 Å². The molecule has 3 aliphatic heterocycles. The topological polar surface area (TPSA) is 134 Å². The van der Waals surface area contributed by atoms with E-state index in [1.165, 1.54) is 21.3 Å². The Labute approximate surface area is 313 Å². The number of carboxylic acid groups (broad SMARTS) is 1. The number of methoxy groups -OCH3 is 3. The number of ether oxygens (including phenoxy) is 3. The lowest BCUT2D eigenvalue weighted by Gasteiger charge is -2.43.